The fourth-order valence-corrected chi connectivity index (χ4v) is 2.87. The zero-order chi connectivity index (χ0) is 18.4. The Kier molecular flexibility index (Phi) is 5.91. The molecule has 1 aliphatic rings. The number of hydrogen-bond donors (Lipinski definition) is 2. The summed E-state index contributed by atoms with van der Waals surface area (Å²) in [5.74, 6) is 1.15. The van der Waals surface area contributed by atoms with E-state index in [-0.39, 0.29) is 19.1 Å². The highest BCUT2D eigenvalue weighted by Gasteiger charge is 2.15. The third-order valence-corrected chi connectivity index (χ3v) is 4.41. The van der Waals surface area contributed by atoms with Gasteiger partial charge in [0.05, 0.1) is 0 Å². The molecule has 0 radical (unpaired) electrons. The summed E-state index contributed by atoms with van der Waals surface area (Å²) in [6.07, 6.45) is 0.249. The van der Waals surface area contributed by atoms with Crippen molar-refractivity contribution < 1.29 is 14.3 Å². The third kappa shape index (κ3) is 4.86. The first-order chi connectivity index (χ1) is 12.6. The molecule has 6 nitrogen and oxygen atoms in total. The number of amides is 1. The summed E-state index contributed by atoms with van der Waals surface area (Å²) in [4.78, 5) is 13.1. The SMILES string of the molecule is NC(=O)CCN(Cc1ccccc1)C(=S)NCc1ccc2c(c1)OCO2. The minimum absolute atomic E-state index is 0.249. The summed E-state index contributed by atoms with van der Waals surface area (Å²) >= 11 is 5.53. The van der Waals surface area contributed by atoms with Crippen molar-refractivity contribution in [1.29, 1.82) is 0 Å². The van der Waals surface area contributed by atoms with E-state index in [9.17, 15) is 4.79 Å². The number of primary amides is 1. The first-order valence-electron chi connectivity index (χ1n) is 8.35. The van der Waals surface area contributed by atoms with Crippen molar-refractivity contribution in [3.05, 3.63) is 59.7 Å². The summed E-state index contributed by atoms with van der Waals surface area (Å²) < 4.78 is 10.7. The van der Waals surface area contributed by atoms with Crippen molar-refractivity contribution in [2.75, 3.05) is 13.3 Å². The molecule has 7 heteroatoms. The third-order valence-electron chi connectivity index (χ3n) is 4.01. The smallest absolute Gasteiger partial charge is 0.231 e. The van der Waals surface area contributed by atoms with Crippen LogP contribution in [0.4, 0.5) is 0 Å². The summed E-state index contributed by atoms with van der Waals surface area (Å²) in [6, 6.07) is 15.8. The van der Waals surface area contributed by atoms with Gasteiger partial charge in [0.2, 0.25) is 12.7 Å². The van der Waals surface area contributed by atoms with Crippen LogP contribution in [-0.4, -0.2) is 29.3 Å². The average Bonchev–Trinajstić information content (AvgIpc) is 3.11. The molecule has 0 unspecified atom stereocenters. The van der Waals surface area contributed by atoms with Gasteiger partial charge in [0.1, 0.15) is 0 Å². The predicted octanol–water partition coefficient (Wildman–Crippen LogP) is 2.17. The molecule has 0 aromatic heterocycles. The molecule has 26 heavy (non-hydrogen) atoms. The minimum atomic E-state index is -0.346. The second kappa shape index (κ2) is 8.53. The summed E-state index contributed by atoms with van der Waals surface area (Å²) in [6.45, 7) is 1.89. The Morgan fingerprint density at radius 3 is 2.65 bits per heavy atom. The summed E-state index contributed by atoms with van der Waals surface area (Å²) in [7, 11) is 0. The lowest BCUT2D eigenvalue weighted by Crippen LogP contribution is -2.40. The number of fused-ring (bicyclic) bond motifs is 1. The number of ether oxygens (including phenoxy) is 2. The molecule has 2 aromatic rings. The molecule has 1 heterocycles. The molecule has 0 atom stereocenters. The molecule has 0 saturated carbocycles. The molecule has 0 fully saturated rings. The van der Waals surface area contributed by atoms with Gasteiger partial charge in [-0.15, -0.1) is 0 Å². The van der Waals surface area contributed by atoms with Crippen LogP contribution in [0.1, 0.15) is 17.5 Å². The van der Waals surface area contributed by atoms with Crippen molar-refractivity contribution in [3.63, 3.8) is 0 Å². The molecular formula is C19H21N3O3S. The summed E-state index contributed by atoms with van der Waals surface area (Å²) in [5, 5.41) is 3.82. The molecule has 136 valence electrons. The predicted molar refractivity (Wildman–Crippen MR) is 103 cm³/mol. The van der Waals surface area contributed by atoms with Gasteiger partial charge >= 0.3 is 0 Å². The number of nitrogens with zero attached hydrogens (tertiary/aromatic N) is 1. The van der Waals surface area contributed by atoms with E-state index in [0.29, 0.717) is 24.7 Å². The zero-order valence-electron chi connectivity index (χ0n) is 14.3. The van der Waals surface area contributed by atoms with Gasteiger partial charge in [-0.1, -0.05) is 36.4 Å². The summed E-state index contributed by atoms with van der Waals surface area (Å²) in [5.41, 5.74) is 7.44. The Bertz CT molecular complexity index is 783. The molecule has 1 aliphatic heterocycles. The van der Waals surface area contributed by atoms with Crippen LogP contribution < -0.4 is 20.5 Å². The lowest BCUT2D eigenvalue weighted by atomic mass is 10.2. The molecule has 3 rings (SSSR count). The standard InChI is InChI=1S/C19H21N3O3S/c20-18(23)8-9-22(12-14-4-2-1-3-5-14)19(26)21-11-15-6-7-16-17(10-15)25-13-24-16/h1-7,10H,8-9,11-13H2,(H2,20,23)(H,21,26). The Hall–Kier alpha value is -2.80. The van der Waals surface area contributed by atoms with Crippen molar-refractivity contribution in [1.82, 2.24) is 10.2 Å². The van der Waals surface area contributed by atoms with E-state index in [1.54, 1.807) is 0 Å². The number of nitrogens with two attached hydrogens (primary N) is 1. The second-order valence-electron chi connectivity index (χ2n) is 5.97. The quantitative estimate of drug-likeness (QED) is 0.727. The highest BCUT2D eigenvalue weighted by molar-refractivity contribution is 7.80. The van der Waals surface area contributed by atoms with E-state index in [1.807, 2.05) is 53.4 Å². The minimum Gasteiger partial charge on any atom is -0.454 e. The largest absolute Gasteiger partial charge is 0.454 e. The average molecular weight is 371 g/mol. The van der Waals surface area contributed by atoms with Crippen LogP contribution in [0.2, 0.25) is 0 Å². The van der Waals surface area contributed by atoms with E-state index in [1.165, 1.54) is 0 Å². The number of hydrogen-bond acceptors (Lipinski definition) is 4. The number of benzene rings is 2. The number of carbonyl (C=O) groups excluding carboxylic acids is 1. The Balaban J connectivity index is 1.61. The maximum absolute atomic E-state index is 11.2. The van der Waals surface area contributed by atoms with E-state index >= 15 is 0 Å². The lowest BCUT2D eigenvalue weighted by molar-refractivity contribution is -0.118. The van der Waals surface area contributed by atoms with Crippen molar-refractivity contribution >= 4 is 23.2 Å². The molecule has 0 aliphatic carbocycles. The number of carbonyl (C=O) groups is 1. The fourth-order valence-electron chi connectivity index (χ4n) is 2.64. The van der Waals surface area contributed by atoms with Crippen LogP contribution in [0, 0.1) is 0 Å². The topological polar surface area (TPSA) is 76.8 Å². The van der Waals surface area contributed by atoms with Crippen LogP contribution in [0.5, 0.6) is 11.5 Å². The molecule has 0 spiro atoms. The van der Waals surface area contributed by atoms with Gasteiger partial charge in [-0.25, -0.2) is 0 Å². The van der Waals surface area contributed by atoms with Gasteiger partial charge in [0.15, 0.2) is 16.6 Å². The highest BCUT2D eigenvalue weighted by Crippen LogP contribution is 2.32. The van der Waals surface area contributed by atoms with Crippen LogP contribution >= 0.6 is 12.2 Å². The number of nitrogens with one attached hydrogen (secondary N) is 1. The molecule has 0 bridgehead atoms. The van der Waals surface area contributed by atoms with Crippen LogP contribution in [0.15, 0.2) is 48.5 Å². The maximum atomic E-state index is 11.2. The van der Waals surface area contributed by atoms with Gasteiger partial charge in [-0.2, -0.15) is 0 Å². The Morgan fingerprint density at radius 2 is 1.88 bits per heavy atom. The van der Waals surface area contributed by atoms with E-state index in [2.05, 4.69) is 5.32 Å². The Morgan fingerprint density at radius 1 is 1.12 bits per heavy atom. The van der Waals surface area contributed by atoms with E-state index in [0.717, 1.165) is 22.6 Å². The second-order valence-corrected chi connectivity index (χ2v) is 6.36. The first kappa shape index (κ1) is 18.0. The monoisotopic (exact) mass is 371 g/mol. The van der Waals surface area contributed by atoms with Gasteiger partial charge in [0, 0.05) is 26.1 Å². The van der Waals surface area contributed by atoms with Gasteiger partial charge in [0.25, 0.3) is 0 Å². The van der Waals surface area contributed by atoms with Gasteiger partial charge in [-0.05, 0) is 35.5 Å². The number of thiocarbonyl (C=S) groups is 1. The molecule has 3 N–H and O–H groups in total. The van der Waals surface area contributed by atoms with Gasteiger partial charge < -0.3 is 25.4 Å². The van der Waals surface area contributed by atoms with Crippen LogP contribution in [-0.2, 0) is 17.9 Å². The zero-order valence-corrected chi connectivity index (χ0v) is 15.1. The van der Waals surface area contributed by atoms with E-state index in [4.69, 9.17) is 27.4 Å². The van der Waals surface area contributed by atoms with Crippen molar-refractivity contribution in [2.24, 2.45) is 5.73 Å². The highest BCUT2D eigenvalue weighted by atomic mass is 32.1. The van der Waals surface area contributed by atoms with Gasteiger partial charge in [-0.3, -0.25) is 4.79 Å². The van der Waals surface area contributed by atoms with Crippen LogP contribution in [0.3, 0.4) is 0 Å². The normalized spacial score (nSPS) is 11.8. The molecule has 0 saturated heterocycles. The fraction of sp³-hybridized carbons (Fsp3) is 0.263. The molecule has 2 aromatic carbocycles. The van der Waals surface area contributed by atoms with Crippen molar-refractivity contribution in [2.45, 2.75) is 19.5 Å². The molecular weight excluding hydrogens is 350 g/mol. The first-order valence-corrected chi connectivity index (χ1v) is 8.76. The maximum Gasteiger partial charge on any atom is 0.231 e. The van der Waals surface area contributed by atoms with E-state index < -0.39 is 0 Å². The van der Waals surface area contributed by atoms with Crippen LogP contribution in [0.25, 0.3) is 0 Å². The Labute approximate surface area is 157 Å². The number of rotatable bonds is 7. The molecule has 1 amide bonds. The van der Waals surface area contributed by atoms with Crippen molar-refractivity contribution in [3.8, 4) is 11.5 Å². The lowest BCUT2D eigenvalue weighted by Gasteiger charge is -2.25.